The summed E-state index contributed by atoms with van der Waals surface area (Å²) in [4.78, 5) is 2.57. The third-order valence-electron chi connectivity index (χ3n) is 3.07. The van der Waals surface area contributed by atoms with Crippen LogP contribution in [-0.4, -0.2) is 50.3 Å². The molecule has 0 spiro atoms. The van der Waals surface area contributed by atoms with Gasteiger partial charge in [-0.1, -0.05) is 13.8 Å². The number of likely N-dealkylation sites (tertiary alicyclic amines) is 1. The number of rotatable bonds is 2. The van der Waals surface area contributed by atoms with Gasteiger partial charge in [0.1, 0.15) is 0 Å². The van der Waals surface area contributed by atoms with Crippen molar-refractivity contribution in [3.05, 3.63) is 0 Å². The van der Waals surface area contributed by atoms with E-state index in [1.807, 2.05) is 13.8 Å². The molecule has 0 saturated carbocycles. The second-order valence-corrected chi connectivity index (χ2v) is 3.79. The van der Waals surface area contributed by atoms with Crippen LogP contribution in [-0.2, 0) is 4.74 Å². The monoisotopic (exact) mass is 200 g/mol. The summed E-state index contributed by atoms with van der Waals surface area (Å²) in [5, 5.41) is 3.34. The molecule has 2 aliphatic heterocycles. The van der Waals surface area contributed by atoms with Crippen molar-refractivity contribution < 1.29 is 4.74 Å². The lowest BCUT2D eigenvalue weighted by molar-refractivity contribution is -0.0717. The van der Waals surface area contributed by atoms with Gasteiger partial charge >= 0.3 is 0 Å². The van der Waals surface area contributed by atoms with E-state index in [0.717, 1.165) is 25.3 Å². The summed E-state index contributed by atoms with van der Waals surface area (Å²) >= 11 is 0. The zero-order valence-electron chi connectivity index (χ0n) is 9.75. The Balaban J connectivity index is 0.000000461. The van der Waals surface area contributed by atoms with E-state index < -0.39 is 0 Å². The average Bonchev–Trinajstić information content (AvgIpc) is 2.20. The summed E-state index contributed by atoms with van der Waals surface area (Å²) in [6, 6.07) is 1.49. The van der Waals surface area contributed by atoms with Crippen LogP contribution in [0.4, 0.5) is 0 Å². The molecule has 0 amide bonds. The summed E-state index contributed by atoms with van der Waals surface area (Å²) in [5.74, 6) is 0. The molecule has 2 rings (SSSR count). The topological polar surface area (TPSA) is 24.5 Å². The van der Waals surface area contributed by atoms with Gasteiger partial charge in [-0.25, -0.2) is 0 Å². The number of hydrogen-bond acceptors (Lipinski definition) is 3. The summed E-state index contributed by atoms with van der Waals surface area (Å²) in [7, 11) is 2.06. The van der Waals surface area contributed by atoms with Gasteiger partial charge in [0.2, 0.25) is 0 Å². The van der Waals surface area contributed by atoms with Crippen LogP contribution in [0.15, 0.2) is 0 Å². The molecule has 1 N–H and O–H groups in total. The van der Waals surface area contributed by atoms with Crippen LogP contribution in [0, 0.1) is 0 Å². The Labute approximate surface area is 87.8 Å². The maximum atomic E-state index is 5.18. The maximum absolute atomic E-state index is 5.18. The van der Waals surface area contributed by atoms with Gasteiger partial charge in [0, 0.05) is 19.1 Å². The third-order valence-corrected chi connectivity index (χ3v) is 3.07. The normalized spacial score (nSPS) is 25.1. The Morgan fingerprint density at radius 1 is 1.14 bits per heavy atom. The van der Waals surface area contributed by atoms with E-state index in [1.165, 1.54) is 25.9 Å². The highest BCUT2D eigenvalue weighted by Crippen LogP contribution is 2.17. The van der Waals surface area contributed by atoms with E-state index in [9.17, 15) is 0 Å². The summed E-state index contributed by atoms with van der Waals surface area (Å²) in [6.07, 6.45) is 2.60. The predicted octanol–water partition coefficient (Wildman–Crippen LogP) is 1.10. The average molecular weight is 200 g/mol. The molecule has 3 heteroatoms. The Morgan fingerprint density at radius 2 is 1.71 bits per heavy atom. The highest BCUT2D eigenvalue weighted by molar-refractivity contribution is 4.83. The second kappa shape index (κ2) is 6.38. The molecule has 84 valence electrons. The Bertz CT molecular complexity index is 140. The number of ether oxygens (including phenoxy) is 1. The first kappa shape index (κ1) is 12.0. The van der Waals surface area contributed by atoms with Crippen LogP contribution in [0.1, 0.15) is 26.7 Å². The van der Waals surface area contributed by atoms with E-state index in [0.29, 0.717) is 0 Å². The molecule has 14 heavy (non-hydrogen) atoms. The van der Waals surface area contributed by atoms with Gasteiger partial charge in [-0.2, -0.15) is 0 Å². The molecule has 0 aliphatic carbocycles. The molecule has 2 fully saturated rings. The van der Waals surface area contributed by atoms with E-state index in [-0.39, 0.29) is 0 Å². The van der Waals surface area contributed by atoms with Crippen LogP contribution in [0.3, 0.4) is 0 Å². The van der Waals surface area contributed by atoms with Crippen LogP contribution in [0.5, 0.6) is 0 Å². The SMILES string of the molecule is CC.CNC1CCN(C2COC2)CC1. The van der Waals surface area contributed by atoms with Crippen molar-refractivity contribution in [2.75, 3.05) is 33.4 Å². The minimum absolute atomic E-state index is 0.739. The van der Waals surface area contributed by atoms with Crippen LogP contribution in [0.25, 0.3) is 0 Å². The first-order chi connectivity index (χ1) is 6.90. The molecular formula is C11H24N2O. The first-order valence-corrected chi connectivity index (χ1v) is 5.89. The minimum atomic E-state index is 0.739. The molecule has 2 heterocycles. The van der Waals surface area contributed by atoms with Crippen molar-refractivity contribution >= 4 is 0 Å². The predicted molar refractivity (Wildman–Crippen MR) is 59.6 cm³/mol. The minimum Gasteiger partial charge on any atom is -0.378 e. The quantitative estimate of drug-likeness (QED) is 0.722. The fourth-order valence-corrected chi connectivity index (χ4v) is 1.99. The second-order valence-electron chi connectivity index (χ2n) is 3.79. The summed E-state index contributed by atoms with van der Waals surface area (Å²) in [5.41, 5.74) is 0. The van der Waals surface area contributed by atoms with Gasteiger partial charge in [-0.3, -0.25) is 4.90 Å². The van der Waals surface area contributed by atoms with Crippen molar-refractivity contribution in [3.63, 3.8) is 0 Å². The lowest BCUT2D eigenvalue weighted by Crippen LogP contribution is -2.53. The molecule has 0 aromatic carbocycles. The van der Waals surface area contributed by atoms with E-state index in [2.05, 4.69) is 17.3 Å². The third kappa shape index (κ3) is 2.94. The largest absolute Gasteiger partial charge is 0.378 e. The highest BCUT2D eigenvalue weighted by atomic mass is 16.5. The number of piperidine rings is 1. The molecule has 0 unspecified atom stereocenters. The van der Waals surface area contributed by atoms with Gasteiger partial charge in [-0.05, 0) is 19.9 Å². The van der Waals surface area contributed by atoms with Crippen molar-refractivity contribution in [1.82, 2.24) is 10.2 Å². The van der Waals surface area contributed by atoms with Crippen LogP contribution in [0.2, 0.25) is 0 Å². The van der Waals surface area contributed by atoms with Crippen LogP contribution >= 0.6 is 0 Å². The number of hydrogen-bond donors (Lipinski definition) is 1. The summed E-state index contributed by atoms with van der Waals surface area (Å²) < 4.78 is 5.18. The summed E-state index contributed by atoms with van der Waals surface area (Å²) in [6.45, 7) is 8.42. The van der Waals surface area contributed by atoms with Gasteiger partial charge < -0.3 is 10.1 Å². The highest BCUT2D eigenvalue weighted by Gasteiger charge is 2.28. The van der Waals surface area contributed by atoms with Crippen molar-refractivity contribution in [3.8, 4) is 0 Å². The zero-order valence-corrected chi connectivity index (χ0v) is 9.75. The fraction of sp³-hybridized carbons (Fsp3) is 1.00. The Kier molecular flexibility index (Phi) is 5.45. The standard InChI is InChI=1S/C9H18N2O.C2H6/c1-10-8-2-4-11(5-3-8)9-6-12-7-9;1-2/h8-10H,2-7H2,1H3;1-2H3. The Morgan fingerprint density at radius 3 is 2.07 bits per heavy atom. The van der Waals surface area contributed by atoms with Crippen LogP contribution < -0.4 is 5.32 Å². The van der Waals surface area contributed by atoms with E-state index >= 15 is 0 Å². The van der Waals surface area contributed by atoms with Crippen molar-refractivity contribution in [2.24, 2.45) is 0 Å². The van der Waals surface area contributed by atoms with Crippen molar-refractivity contribution in [2.45, 2.75) is 38.8 Å². The number of nitrogens with one attached hydrogen (secondary N) is 1. The lowest BCUT2D eigenvalue weighted by atomic mass is 10.0. The molecule has 0 radical (unpaired) electrons. The molecule has 3 nitrogen and oxygen atoms in total. The molecule has 2 aliphatic rings. The first-order valence-electron chi connectivity index (χ1n) is 5.89. The Hall–Kier alpha value is -0.120. The molecule has 0 aromatic rings. The molecule has 0 bridgehead atoms. The molecule has 0 aromatic heterocycles. The van der Waals surface area contributed by atoms with Crippen molar-refractivity contribution in [1.29, 1.82) is 0 Å². The lowest BCUT2D eigenvalue weighted by Gasteiger charge is -2.41. The van der Waals surface area contributed by atoms with E-state index in [4.69, 9.17) is 4.74 Å². The molecule has 2 saturated heterocycles. The van der Waals surface area contributed by atoms with Gasteiger partial charge in [0.15, 0.2) is 0 Å². The van der Waals surface area contributed by atoms with Gasteiger partial charge in [-0.15, -0.1) is 0 Å². The smallest absolute Gasteiger partial charge is 0.0645 e. The fourth-order valence-electron chi connectivity index (χ4n) is 1.99. The molecular weight excluding hydrogens is 176 g/mol. The maximum Gasteiger partial charge on any atom is 0.0645 e. The van der Waals surface area contributed by atoms with E-state index in [1.54, 1.807) is 0 Å². The molecule has 0 atom stereocenters. The number of nitrogens with zero attached hydrogens (tertiary/aromatic N) is 1. The zero-order chi connectivity index (χ0) is 10.4. The van der Waals surface area contributed by atoms with Gasteiger partial charge in [0.05, 0.1) is 19.3 Å². The van der Waals surface area contributed by atoms with Gasteiger partial charge in [0.25, 0.3) is 0 Å².